The van der Waals surface area contributed by atoms with E-state index in [4.69, 9.17) is 56.3 Å². The Morgan fingerprint density at radius 2 is 1.05 bits per heavy atom. The predicted molar refractivity (Wildman–Crippen MR) is 367 cm³/mol. The number of halogens is 1. The molecule has 0 radical (unpaired) electrons. The van der Waals surface area contributed by atoms with Gasteiger partial charge in [0.05, 0.1) is 37.3 Å². The van der Waals surface area contributed by atoms with Crippen LogP contribution in [0.2, 0.25) is 0 Å². The molecule has 3 fully saturated rings. The monoisotopic (exact) mass is 1360 g/mol. The first-order valence-corrected chi connectivity index (χ1v) is 37.3. The van der Waals surface area contributed by atoms with Crippen LogP contribution in [-0.2, 0) is 73.4 Å². The van der Waals surface area contributed by atoms with Gasteiger partial charge in [0.25, 0.3) is 0 Å². The second-order valence-electron chi connectivity index (χ2n) is 25.4. The highest BCUT2D eigenvalue weighted by Gasteiger charge is 2.55. The number of benzene rings is 4. The smallest absolute Gasteiger partial charge is 0.416 e. The van der Waals surface area contributed by atoms with Crippen molar-refractivity contribution in [3.05, 3.63) is 132 Å². The quantitative estimate of drug-likeness (QED) is 0.0311. The number of nitrogens with zero attached hydrogens (tertiary/aromatic N) is 1. The van der Waals surface area contributed by atoms with Crippen molar-refractivity contribution in [1.82, 2.24) is 4.90 Å². The van der Waals surface area contributed by atoms with Crippen LogP contribution in [0.3, 0.4) is 0 Å². The number of para-hydroxylation sites is 1. The molecule has 4 unspecified atom stereocenters. The molecular weight excluding hydrogens is 1250 g/mol. The molecule has 21 heteroatoms. The lowest BCUT2D eigenvalue weighted by molar-refractivity contribution is -0.358. The molecule has 0 aromatic heterocycles. The van der Waals surface area contributed by atoms with Gasteiger partial charge in [0, 0.05) is 51.9 Å². The molecule has 7 rings (SSSR count). The number of carbonyl (C=O) groups is 2. The highest BCUT2D eigenvalue weighted by Crippen LogP contribution is 2.39. The number of rotatable bonds is 47. The number of carbonyl (C=O) groups excluding carboxylic acids is 2. The van der Waals surface area contributed by atoms with Crippen molar-refractivity contribution in [2.45, 2.75) is 237 Å². The van der Waals surface area contributed by atoms with Gasteiger partial charge in [0.15, 0.2) is 6.29 Å². The number of ether oxygens (including phenoxy) is 11. The fourth-order valence-electron chi connectivity index (χ4n) is 12.2. The molecule has 4 aromatic rings. The number of cyclic esters (lactones) is 1. The lowest BCUT2D eigenvalue weighted by Gasteiger charge is -2.50. The molecule has 536 valence electrons. The Bertz CT molecular complexity index is 2880. The van der Waals surface area contributed by atoms with Crippen LogP contribution in [0.4, 0.5) is 14.9 Å². The van der Waals surface area contributed by atoms with Gasteiger partial charge in [-0.2, -0.15) is 8.42 Å². The second-order valence-corrected chi connectivity index (χ2v) is 27.0. The highest BCUT2D eigenvalue weighted by molar-refractivity contribution is 7.87. The first kappa shape index (κ1) is 78.2. The van der Waals surface area contributed by atoms with E-state index in [0.717, 1.165) is 82.6 Å². The minimum atomic E-state index is -4.54. The van der Waals surface area contributed by atoms with Crippen molar-refractivity contribution < 1.29 is 83.8 Å². The second kappa shape index (κ2) is 42.7. The van der Waals surface area contributed by atoms with Gasteiger partial charge < -0.3 is 66.7 Å². The average Bonchev–Trinajstić information content (AvgIpc) is 1.04. The Balaban J connectivity index is 1.23. The number of anilines is 1. The Morgan fingerprint density at radius 1 is 0.573 bits per heavy atom. The van der Waals surface area contributed by atoms with Crippen LogP contribution >= 0.6 is 0 Å². The summed E-state index contributed by atoms with van der Waals surface area (Å²) >= 11 is 0. The minimum Gasteiger partial charge on any atom is -0.447 e. The third kappa shape index (κ3) is 24.3. The van der Waals surface area contributed by atoms with Gasteiger partial charge in [0.2, 0.25) is 5.91 Å². The number of aliphatic hydroxyl groups excluding tert-OH is 1. The summed E-state index contributed by atoms with van der Waals surface area (Å²) in [5.41, 5.74) is 2.56. The Hall–Kier alpha value is -5.14. The molecule has 19 nitrogen and oxygen atoms in total. The number of aliphatic hydroxyl groups is 1. The number of hydrogen-bond acceptors (Lipinski definition) is 18. The molecule has 0 bridgehead atoms. The van der Waals surface area contributed by atoms with Gasteiger partial charge in [0.1, 0.15) is 78.9 Å². The van der Waals surface area contributed by atoms with Crippen LogP contribution in [0.25, 0.3) is 0 Å². The van der Waals surface area contributed by atoms with Crippen molar-refractivity contribution in [1.29, 1.82) is 0 Å². The van der Waals surface area contributed by atoms with E-state index in [1.54, 1.807) is 12.1 Å². The van der Waals surface area contributed by atoms with Gasteiger partial charge in [-0.1, -0.05) is 166 Å². The molecule has 14 atom stereocenters. The minimum absolute atomic E-state index is 0.0147. The lowest BCUT2D eigenvalue weighted by atomic mass is 9.85. The number of imide groups is 1. The molecule has 3 saturated heterocycles. The zero-order chi connectivity index (χ0) is 68.5. The molecule has 3 heterocycles. The van der Waals surface area contributed by atoms with Crippen LogP contribution in [0.5, 0.6) is 5.75 Å². The maximum atomic E-state index is 15.4. The molecule has 0 spiro atoms. The van der Waals surface area contributed by atoms with Gasteiger partial charge in [-0.05, 0) is 117 Å². The molecule has 0 saturated carbocycles. The van der Waals surface area contributed by atoms with E-state index in [1.165, 1.54) is 41.3 Å². The van der Waals surface area contributed by atoms with Crippen molar-refractivity contribution >= 4 is 27.8 Å². The fraction of sp³-hybridized carbons (Fsp3) is 0.653. The van der Waals surface area contributed by atoms with Gasteiger partial charge in [-0.15, -0.1) is 0 Å². The summed E-state index contributed by atoms with van der Waals surface area (Å²) in [6.45, 7) is 17.8. The summed E-state index contributed by atoms with van der Waals surface area (Å²) in [5, 5.41) is 15.1. The summed E-state index contributed by atoms with van der Waals surface area (Å²) in [7, 11) is -4.54. The van der Waals surface area contributed by atoms with Gasteiger partial charge in [-0.3, -0.25) is 4.79 Å². The van der Waals surface area contributed by atoms with Crippen molar-refractivity contribution in [3.63, 3.8) is 0 Å². The normalized spacial score (nSPS) is 23.9. The molecule has 3 aliphatic rings. The zero-order valence-electron chi connectivity index (χ0n) is 58.0. The van der Waals surface area contributed by atoms with E-state index in [-0.39, 0.29) is 45.0 Å². The highest BCUT2D eigenvalue weighted by atomic mass is 32.2. The van der Waals surface area contributed by atoms with Crippen LogP contribution in [0, 0.1) is 11.7 Å². The first-order valence-electron chi connectivity index (χ1n) is 35.8. The van der Waals surface area contributed by atoms with Crippen LogP contribution < -0.4 is 9.50 Å². The topological polar surface area (TPSA) is 215 Å². The molecule has 2 N–H and O–H groups in total. The largest absolute Gasteiger partial charge is 0.447 e. The fourth-order valence-corrected chi connectivity index (χ4v) is 13.3. The average molecular weight is 1360 g/mol. The van der Waals surface area contributed by atoms with Crippen molar-refractivity contribution in [2.75, 3.05) is 77.1 Å². The third-order valence-corrected chi connectivity index (χ3v) is 18.9. The summed E-state index contributed by atoms with van der Waals surface area (Å²) < 4.78 is 124. The van der Waals surface area contributed by atoms with Crippen LogP contribution in [0.1, 0.15) is 180 Å². The van der Waals surface area contributed by atoms with E-state index >= 15 is 4.79 Å². The predicted octanol–water partition coefficient (Wildman–Crippen LogP) is 13.8. The first-order chi connectivity index (χ1) is 46.8. The lowest BCUT2D eigenvalue weighted by Crippen LogP contribution is -2.67. The van der Waals surface area contributed by atoms with Crippen molar-refractivity contribution in [2.24, 2.45) is 5.92 Å². The molecule has 3 aliphatic heterocycles. The van der Waals surface area contributed by atoms with E-state index < -0.39 is 119 Å². The Morgan fingerprint density at radius 3 is 1.60 bits per heavy atom. The molecule has 2 amide bonds. The molecule has 96 heavy (non-hydrogen) atoms. The molecular formula is C75H111FN2O17S. The Labute approximate surface area is 571 Å². The zero-order valence-corrected chi connectivity index (χ0v) is 58.8. The number of amides is 2. The van der Waals surface area contributed by atoms with Gasteiger partial charge in [-0.25, -0.2) is 14.1 Å². The van der Waals surface area contributed by atoms with E-state index in [9.17, 15) is 22.7 Å². The summed E-state index contributed by atoms with van der Waals surface area (Å²) in [5.74, 6) is -2.68. The third-order valence-electron chi connectivity index (χ3n) is 17.7. The maximum Gasteiger partial charge on any atom is 0.416 e. The Kier molecular flexibility index (Phi) is 34.8. The SMILES string of the molecule is CCCCOCC1O[C@@H](O[C@@H]2C(COCCCC)O[C@@H](CS(=O)(=O)Oc3ccc([C@@H](Nc4ccccc4)[C@@H](CC[C@H](O)c4ccc(F)cc4)C(=O)N4C(=O)OC[C@@H]4Cc4ccccc4)cc3)[C@@H](OCCCC)C2OCCCC)[C@@H](OCCCC)C(OCCCC)[C@@H]1OCCCC. The number of unbranched alkanes of at least 4 members (excludes halogenated alkanes) is 7. The number of nitrogens with one attached hydrogen (secondary N) is 1. The summed E-state index contributed by atoms with van der Waals surface area (Å²) in [4.78, 5) is 30.3. The van der Waals surface area contributed by atoms with E-state index in [1.807, 2.05) is 60.7 Å². The van der Waals surface area contributed by atoms with Crippen molar-refractivity contribution in [3.8, 4) is 5.75 Å². The summed E-state index contributed by atoms with van der Waals surface area (Å²) in [6, 6.07) is 29.2. The van der Waals surface area contributed by atoms with E-state index in [2.05, 4.69) is 53.8 Å². The maximum absolute atomic E-state index is 15.4. The summed E-state index contributed by atoms with van der Waals surface area (Å²) in [6.07, 6.45) is 1.78. The molecule has 0 aliphatic carbocycles. The number of hydrogen-bond donors (Lipinski definition) is 2. The van der Waals surface area contributed by atoms with Gasteiger partial charge >= 0.3 is 16.2 Å². The standard InChI is InChI=1S/C75H111FN2O17S/c1-8-15-42-84-51-63-67(86-44-17-10-3)71(89-47-20-13-6)72(90-48-21-14-7)74(93-63)94-69-64(52-85-43-16-9-2)92-65(68(87-45-18-11-4)70(69)88-46-19-12-5)53-96(82,83)95-60-38-34-56(35-39-60)66(77-58-30-26-23-27-31-58)61(40-41-62(79)55-32-36-57(76)37-33-55)73(80)78-59(50-91-75(78)81)49-54-28-24-22-25-29-54/h22-39,59,61-72,74,77,79H,8-21,40-53H2,1-7H3/t59-,61+,62-,63?,64?,65-,66+,67+,68+,69+,70?,71?,72-,74-/m0/s1. The van der Waals surface area contributed by atoms with Crippen LogP contribution in [-0.4, -0.2) is 170 Å². The van der Waals surface area contributed by atoms with E-state index in [0.29, 0.717) is 75.7 Å². The molecule has 4 aromatic carbocycles. The van der Waals surface area contributed by atoms with Crippen LogP contribution in [0.15, 0.2) is 109 Å².